The van der Waals surface area contributed by atoms with Gasteiger partial charge in [0.05, 0.1) is 12.0 Å². The average molecular weight is 302 g/mol. The third-order valence-electron chi connectivity index (χ3n) is 3.33. The summed E-state index contributed by atoms with van der Waals surface area (Å²) in [6, 6.07) is 13.3. The van der Waals surface area contributed by atoms with Crippen LogP contribution in [0.2, 0.25) is 0 Å². The monoisotopic (exact) mass is 302 g/mol. The van der Waals surface area contributed by atoms with Gasteiger partial charge in [-0.15, -0.1) is 0 Å². The molecule has 0 aliphatic rings. The van der Waals surface area contributed by atoms with E-state index in [9.17, 15) is 8.42 Å². The number of nitrogens with two attached hydrogens (primary N) is 1. The van der Waals surface area contributed by atoms with E-state index in [4.69, 9.17) is 10.5 Å². The Bertz CT molecular complexity index is 899. The Morgan fingerprint density at radius 2 is 1.76 bits per heavy atom. The molecule has 0 aliphatic heterocycles. The Morgan fingerprint density at radius 3 is 2.43 bits per heavy atom. The van der Waals surface area contributed by atoms with Crippen molar-refractivity contribution in [2.24, 2.45) is 0 Å². The summed E-state index contributed by atoms with van der Waals surface area (Å²) in [6.07, 6.45) is 1.49. The van der Waals surface area contributed by atoms with Gasteiger partial charge in [0.2, 0.25) is 0 Å². The molecule has 1 heterocycles. The minimum absolute atomic E-state index is 0.215. The maximum Gasteiger partial charge on any atom is 0.268 e. The first-order chi connectivity index (χ1) is 10.1. The molecule has 1 aromatic heterocycles. The molecule has 6 heteroatoms. The smallest absolute Gasteiger partial charge is 0.268 e. The molecular weight excluding hydrogens is 288 g/mol. The Morgan fingerprint density at radius 1 is 1.05 bits per heavy atom. The zero-order valence-corrected chi connectivity index (χ0v) is 12.2. The van der Waals surface area contributed by atoms with Gasteiger partial charge < -0.3 is 10.5 Å². The number of aromatic nitrogens is 1. The first-order valence-corrected chi connectivity index (χ1v) is 7.74. The van der Waals surface area contributed by atoms with Crippen molar-refractivity contribution in [1.82, 2.24) is 3.97 Å². The van der Waals surface area contributed by atoms with Crippen LogP contribution in [0, 0.1) is 0 Å². The molecule has 0 spiro atoms. The standard InChI is InChI=1S/C15H14N2O3S/c1-20-14-8-7-13(16)12-9-10-17(15(12)14)21(18,19)11-5-3-2-4-6-11/h2-10H,16H2,1H3. The van der Waals surface area contributed by atoms with Crippen LogP contribution in [0.1, 0.15) is 0 Å². The lowest BCUT2D eigenvalue weighted by Crippen LogP contribution is -2.12. The number of methoxy groups -OCH3 is 1. The molecule has 3 aromatic rings. The lowest BCUT2D eigenvalue weighted by molar-refractivity contribution is 0.418. The van der Waals surface area contributed by atoms with Gasteiger partial charge in [-0.2, -0.15) is 0 Å². The van der Waals surface area contributed by atoms with Crippen molar-refractivity contribution >= 4 is 26.6 Å². The predicted octanol–water partition coefficient (Wildman–Crippen LogP) is 2.47. The van der Waals surface area contributed by atoms with E-state index >= 15 is 0 Å². The Hall–Kier alpha value is -2.47. The highest BCUT2D eigenvalue weighted by molar-refractivity contribution is 7.90. The first-order valence-electron chi connectivity index (χ1n) is 6.30. The molecular formula is C15H14N2O3S. The second-order valence-corrected chi connectivity index (χ2v) is 6.36. The van der Waals surface area contributed by atoms with Gasteiger partial charge >= 0.3 is 0 Å². The molecule has 0 unspecified atom stereocenters. The van der Waals surface area contributed by atoms with Crippen LogP contribution in [0.3, 0.4) is 0 Å². The maximum atomic E-state index is 12.8. The maximum absolute atomic E-state index is 12.8. The fraction of sp³-hybridized carbons (Fsp3) is 0.0667. The van der Waals surface area contributed by atoms with E-state index < -0.39 is 10.0 Å². The second kappa shape index (κ2) is 4.82. The second-order valence-electron chi connectivity index (χ2n) is 4.55. The number of rotatable bonds is 3. The molecule has 0 amide bonds. The van der Waals surface area contributed by atoms with Crippen molar-refractivity contribution in [2.75, 3.05) is 12.8 Å². The molecule has 0 aliphatic carbocycles. The molecule has 2 aromatic carbocycles. The fourth-order valence-electron chi connectivity index (χ4n) is 2.29. The van der Waals surface area contributed by atoms with Crippen molar-refractivity contribution in [1.29, 1.82) is 0 Å². The number of benzene rings is 2. The van der Waals surface area contributed by atoms with Crippen molar-refractivity contribution in [2.45, 2.75) is 4.90 Å². The van der Waals surface area contributed by atoms with Gasteiger partial charge in [0.25, 0.3) is 10.0 Å². The highest BCUT2D eigenvalue weighted by atomic mass is 32.2. The zero-order valence-electron chi connectivity index (χ0n) is 11.4. The third kappa shape index (κ3) is 2.04. The summed E-state index contributed by atoms with van der Waals surface area (Å²) in [5.41, 5.74) is 6.86. The average Bonchev–Trinajstić information content (AvgIpc) is 2.95. The van der Waals surface area contributed by atoms with Gasteiger partial charge in [-0.05, 0) is 30.3 Å². The Kier molecular flexibility index (Phi) is 3.10. The molecule has 0 saturated heterocycles. The van der Waals surface area contributed by atoms with Crippen LogP contribution in [-0.2, 0) is 10.0 Å². The van der Waals surface area contributed by atoms with Gasteiger partial charge in [0.15, 0.2) is 0 Å². The molecule has 0 bridgehead atoms. The molecule has 0 saturated carbocycles. The van der Waals surface area contributed by atoms with E-state index in [2.05, 4.69) is 0 Å². The summed E-state index contributed by atoms with van der Waals surface area (Å²) in [6.45, 7) is 0. The zero-order chi connectivity index (χ0) is 15.0. The first kappa shape index (κ1) is 13.5. The van der Waals surface area contributed by atoms with Crippen LogP contribution in [-0.4, -0.2) is 19.5 Å². The van der Waals surface area contributed by atoms with E-state index in [1.807, 2.05) is 0 Å². The van der Waals surface area contributed by atoms with Crippen molar-refractivity contribution in [3.63, 3.8) is 0 Å². The van der Waals surface area contributed by atoms with E-state index in [0.717, 1.165) is 0 Å². The molecule has 0 radical (unpaired) electrons. The number of fused-ring (bicyclic) bond motifs is 1. The minimum Gasteiger partial charge on any atom is -0.495 e. The molecule has 0 fully saturated rings. The van der Waals surface area contributed by atoms with Crippen molar-refractivity contribution in [3.8, 4) is 5.75 Å². The Labute approximate surface area is 122 Å². The van der Waals surface area contributed by atoms with Gasteiger partial charge in [-0.25, -0.2) is 12.4 Å². The molecule has 108 valence electrons. The predicted molar refractivity (Wildman–Crippen MR) is 81.9 cm³/mol. The number of anilines is 1. The third-order valence-corrected chi connectivity index (χ3v) is 5.02. The number of hydrogen-bond acceptors (Lipinski definition) is 4. The highest BCUT2D eigenvalue weighted by Gasteiger charge is 2.21. The van der Waals surface area contributed by atoms with Crippen LogP contribution in [0.25, 0.3) is 10.9 Å². The van der Waals surface area contributed by atoms with E-state index in [0.29, 0.717) is 22.3 Å². The summed E-state index contributed by atoms with van der Waals surface area (Å²) in [5, 5.41) is 0.647. The lowest BCUT2D eigenvalue weighted by atomic mass is 10.2. The van der Waals surface area contributed by atoms with Crippen LogP contribution < -0.4 is 10.5 Å². The molecule has 5 nitrogen and oxygen atoms in total. The lowest BCUT2D eigenvalue weighted by Gasteiger charge is -2.11. The van der Waals surface area contributed by atoms with Crippen LogP contribution >= 0.6 is 0 Å². The topological polar surface area (TPSA) is 74.3 Å². The number of nitrogens with zero attached hydrogens (tertiary/aromatic N) is 1. The fourth-order valence-corrected chi connectivity index (χ4v) is 3.67. The summed E-state index contributed by atoms with van der Waals surface area (Å²) in [7, 11) is -2.19. The quantitative estimate of drug-likeness (QED) is 0.754. The van der Waals surface area contributed by atoms with Crippen molar-refractivity contribution in [3.05, 3.63) is 54.7 Å². The highest BCUT2D eigenvalue weighted by Crippen LogP contribution is 2.33. The molecule has 2 N–H and O–H groups in total. The van der Waals surface area contributed by atoms with Crippen LogP contribution in [0.5, 0.6) is 5.75 Å². The van der Waals surface area contributed by atoms with E-state index in [1.165, 1.54) is 17.3 Å². The van der Waals surface area contributed by atoms with Gasteiger partial charge in [0.1, 0.15) is 11.3 Å². The number of nitrogen functional groups attached to an aromatic ring is 1. The van der Waals surface area contributed by atoms with Crippen LogP contribution in [0.15, 0.2) is 59.6 Å². The van der Waals surface area contributed by atoms with Crippen LogP contribution in [0.4, 0.5) is 5.69 Å². The number of hydrogen-bond donors (Lipinski definition) is 1. The summed E-state index contributed by atoms with van der Waals surface area (Å²) < 4.78 is 32.0. The van der Waals surface area contributed by atoms with Gasteiger partial charge in [0, 0.05) is 17.3 Å². The molecule has 3 rings (SSSR count). The van der Waals surface area contributed by atoms with E-state index in [1.54, 1.807) is 48.5 Å². The minimum atomic E-state index is -3.69. The van der Waals surface area contributed by atoms with Gasteiger partial charge in [-0.3, -0.25) is 0 Å². The largest absolute Gasteiger partial charge is 0.495 e. The van der Waals surface area contributed by atoms with E-state index in [-0.39, 0.29) is 4.90 Å². The Balaban J connectivity index is 2.34. The van der Waals surface area contributed by atoms with Crippen molar-refractivity contribution < 1.29 is 13.2 Å². The molecule has 0 atom stereocenters. The summed E-state index contributed by atoms with van der Waals surface area (Å²) >= 11 is 0. The number of ether oxygens (including phenoxy) is 1. The molecule has 21 heavy (non-hydrogen) atoms. The normalized spacial score (nSPS) is 11.7. The SMILES string of the molecule is COc1ccc(N)c2ccn(S(=O)(=O)c3ccccc3)c12. The summed E-state index contributed by atoms with van der Waals surface area (Å²) in [5.74, 6) is 0.462. The van der Waals surface area contributed by atoms with Gasteiger partial charge in [-0.1, -0.05) is 18.2 Å². The summed E-state index contributed by atoms with van der Waals surface area (Å²) in [4.78, 5) is 0.215.